The maximum atomic E-state index is 12.2. The van der Waals surface area contributed by atoms with Crippen molar-refractivity contribution < 1.29 is 14.3 Å². The first-order chi connectivity index (χ1) is 11.3. The summed E-state index contributed by atoms with van der Waals surface area (Å²) in [7, 11) is 2.19. The fourth-order valence-corrected chi connectivity index (χ4v) is 4.22. The van der Waals surface area contributed by atoms with Gasteiger partial charge in [-0.1, -0.05) is 0 Å². The molecule has 0 bridgehead atoms. The lowest BCUT2D eigenvalue weighted by Gasteiger charge is -2.49. The topological polar surface area (TPSA) is 62.8 Å². The van der Waals surface area contributed by atoms with Gasteiger partial charge in [0.1, 0.15) is 5.60 Å². The molecule has 1 aliphatic carbocycles. The average molecular weight is 339 g/mol. The highest BCUT2D eigenvalue weighted by Crippen LogP contribution is 2.39. The average Bonchev–Trinajstić information content (AvgIpc) is 2.79. The fraction of sp³-hybridized carbons (Fsp3) is 0.944. The van der Waals surface area contributed by atoms with Crippen LogP contribution in [0.3, 0.4) is 0 Å². The van der Waals surface area contributed by atoms with Gasteiger partial charge in [-0.15, -0.1) is 0 Å². The van der Waals surface area contributed by atoms with E-state index in [9.17, 15) is 4.79 Å². The van der Waals surface area contributed by atoms with Crippen LogP contribution in [0.4, 0.5) is 4.79 Å². The molecular weight excluding hydrogens is 306 g/mol. The van der Waals surface area contributed by atoms with Gasteiger partial charge in [0.25, 0.3) is 0 Å². The van der Waals surface area contributed by atoms with Crippen molar-refractivity contribution in [1.29, 1.82) is 0 Å². The summed E-state index contributed by atoms with van der Waals surface area (Å²) in [6.45, 7) is 8.79. The number of alkyl carbamates (subject to hydrolysis) is 1. The number of hydrogen-bond donors (Lipinski definition) is 2. The molecule has 0 spiro atoms. The number of fused-ring (bicyclic) bond motifs is 1. The third-order valence-electron chi connectivity index (χ3n) is 5.45. The van der Waals surface area contributed by atoms with Crippen molar-refractivity contribution in [2.45, 2.75) is 76.3 Å². The second kappa shape index (κ2) is 7.18. The lowest BCUT2D eigenvalue weighted by molar-refractivity contribution is -0.0381. The molecule has 2 N–H and O–H groups in total. The first-order valence-corrected chi connectivity index (χ1v) is 9.39. The van der Waals surface area contributed by atoms with E-state index in [1.54, 1.807) is 0 Å². The lowest BCUT2D eigenvalue weighted by Crippen LogP contribution is -2.71. The molecule has 3 fully saturated rings. The number of ether oxygens (including phenoxy) is 2. The highest BCUT2D eigenvalue weighted by Gasteiger charge is 2.55. The second-order valence-corrected chi connectivity index (χ2v) is 8.58. The molecule has 6 heteroatoms. The van der Waals surface area contributed by atoms with Crippen LogP contribution in [-0.2, 0) is 9.47 Å². The maximum absolute atomic E-state index is 12.2. The van der Waals surface area contributed by atoms with E-state index >= 15 is 0 Å². The van der Waals surface area contributed by atoms with Crippen molar-refractivity contribution in [3.05, 3.63) is 0 Å². The van der Waals surface area contributed by atoms with Crippen LogP contribution < -0.4 is 10.6 Å². The lowest BCUT2D eigenvalue weighted by atomic mass is 9.71. The van der Waals surface area contributed by atoms with E-state index in [4.69, 9.17) is 9.47 Å². The largest absolute Gasteiger partial charge is 0.444 e. The fourth-order valence-electron chi connectivity index (χ4n) is 4.22. The smallest absolute Gasteiger partial charge is 0.407 e. The van der Waals surface area contributed by atoms with Crippen LogP contribution in [0, 0.1) is 5.92 Å². The summed E-state index contributed by atoms with van der Waals surface area (Å²) in [6.07, 6.45) is 4.52. The van der Waals surface area contributed by atoms with Crippen LogP contribution in [0.2, 0.25) is 0 Å². The van der Waals surface area contributed by atoms with Crippen LogP contribution in [0.25, 0.3) is 0 Å². The zero-order chi connectivity index (χ0) is 17.3. The van der Waals surface area contributed by atoms with E-state index in [0.29, 0.717) is 12.0 Å². The van der Waals surface area contributed by atoms with Gasteiger partial charge in [-0.3, -0.25) is 0 Å². The van der Waals surface area contributed by atoms with Crippen molar-refractivity contribution in [1.82, 2.24) is 15.5 Å². The van der Waals surface area contributed by atoms with Crippen LogP contribution in [0.15, 0.2) is 0 Å². The summed E-state index contributed by atoms with van der Waals surface area (Å²) >= 11 is 0. The highest BCUT2D eigenvalue weighted by atomic mass is 16.6. The van der Waals surface area contributed by atoms with E-state index < -0.39 is 5.60 Å². The van der Waals surface area contributed by atoms with Gasteiger partial charge in [-0.05, 0) is 66.6 Å². The monoisotopic (exact) mass is 339 g/mol. The minimum Gasteiger partial charge on any atom is -0.444 e. The predicted molar refractivity (Wildman–Crippen MR) is 93.1 cm³/mol. The standard InChI is InChI=1S/C18H33N3O3/c1-18(2,3)24-17(22)20-14-13-8-11-23-16(13)15(14)19-12-6-5-9-21(4)10-7-12/h12-16,19H,5-11H2,1-4H3,(H,20,22). The molecule has 6 nitrogen and oxygen atoms in total. The van der Waals surface area contributed by atoms with Crippen molar-refractivity contribution in [3.8, 4) is 0 Å². The summed E-state index contributed by atoms with van der Waals surface area (Å²) in [6, 6.07) is 0.833. The van der Waals surface area contributed by atoms with E-state index in [0.717, 1.165) is 26.0 Å². The van der Waals surface area contributed by atoms with Crippen molar-refractivity contribution in [2.75, 3.05) is 26.7 Å². The number of amides is 1. The third kappa shape index (κ3) is 4.21. The molecule has 24 heavy (non-hydrogen) atoms. The van der Waals surface area contributed by atoms with Crippen molar-refractivity contribution >= 4 is 6.09 Å². The van der Waals surface area contributed by atoms with E-state index in [1.165, 1.54) is 19.4 Å². The van der Waals surface area contributed by atoms with E-state index in [1.807, 2.05) is 20.8 Å². The first-order valence-electron chi connectivity index (χ1n) is 9.39. The molecule has 3 aliphatic rings. The molecule has 5 atom stereocenters. The van der Waals surface area contributed by atoms with Crippen LogP contribution >= 0.6 is 0 Å². The SMILES string of the molecule is CN1CCCC(NC2C(NC(=O)OC(C)(C)C)C3CCOC32)CC1. The summed E-state index contributed by atoms with van der Waals surface area (Å²) in [4.78, 5) is 14.6. The number of likely N-dealkylation sites (tertiary alicyclic amines) is 1. The summed E-state index contributed by atoms with van der Waals surface area (Å²) < 4.78 is 11.3. The minimum absolute atomic E-state index is 0.119. The molecule has 5 unspecified atom stereocenters. The van der Waals surface area contributed by atoms with Gasteiger partial charge in [0.15, 0.2) is 0 Å². The Morgan fingerprint density at radius 3 is 2.71 bits per heavy atom. The van der Waals surface area contributed by atoms with Gasteiger partial charge in [-0.25, -0.2) is 4.79 Å². The molecule has 1 amide bonds. The Hall–Kier alpha value is -0.850. The normalized spacial score (nSPS) is 37.2. The third-order valence-corrected chi connectivity index (χ3v) is 5.45. The molecule has 2 aliphatic heterocycles. The van der Waals surface area contributed by atoms with E-state index in [2.05, 4.69) is 22.6 Å². The molecule has 0 aromatic rings. The molecule has 2 saturated heterocycles. The maximum Gasteiger partial charge on any atom is 0.407 e. The number of nitrogens with one attached hydrogen (secondary N) is 2. The number of nitrogens with zero attached hydrogens (tertiary/aromatic N) is 1. The quantitative estimate of drug-likeness (QED) is 0.820. The molecule has 3 rings (SSSR count). The van der Waals surface area contributed by atoms with Gasteiger partial charge in [0.05, 0.1) is 18.2 Å². The van der Waals surface area contributed by atoms with Crippen LogP contribution in [0.5, 0.6) is 0 Å². The van der Waals surface area contributed by atoms with Crippen molar-refractivity contribution in [3.63, 3.8) is 0 Å². The molecular formula is C18H33N3O3. The molecule has 138 valence electrons. The van der Waals surface area contributed by atoms with E-state index in [-0.39, 0.29) is 24.3 Å². The van der Waals surface area contributed by atoms with Crippen molar-refractivity contribution in [2.24, 2.45) is 5.92 Å². The molecule has 0 aromatic carbocycles. The number of rotatable bonds is 3. The predicted octanol–water partition coefficient (Wildman–Crippen LogP) is 1.74. The van der Waals surface area contributed by atoms with Crippen LogP contribution in [0.1, 0.15) is 46.5 Å². The number of hydrogen-bond acceptors (Lipinski definition) is 5. The summed E-state index contributed by atoms with van der Waals surface area (Å²) in [5, 5.41) is 6.88. The number of carbonyl (C=O) groups excluding carboxylic acids is 1. The second-order valence-electron chi connectivity index (χ2n) is 8.58. The zero-order valence-electron chi connectivity index (χ0n) is 15.5. The van der Waals surface area contributed by atoms with Gasteiger partial charge in [-0.2, -0.15) is 0 Å². The highest BCUT2D eigenvalue weighted by molar-refractivity contribution is 5.68. The Labute approximate surface area is 145 Å². The van der Waals surface area contributed by atoms with Gasteiger partial charge < -0.3 is 25.0 Å². The Balaban J connectivity index is 1.57. The molecule has 2 heterocycles. The summed E-state index contributed by atoms with van der Waals surface area (Å²) in [5.74, 6) is 0.420. The molecule has 0 aromatic heterocycles. The Bertz CT molecular complexity index is 451. The van der Waals surface area contributed by atoms with Gasteiger partial charge >= 0.3 is 6.09 Å². The molecule has 0 radical (unpaired) electrons. The Morgan fingerprint density at radius 1 is 1.17 bits per heavy atom. The summed E-state index contributed by atoms with van der Waals surface area (Å²) in [5.41, 5.74) is -0.464. The molecule has 1 saturated carbocycles. The van der Waals surface area contributed by atoms with Gasteiger partial charge in [0, 0.05) is 18.6 Å². The zero-order valence-corrected chi connectivity index (χ0v) is 15.5. The number of carbonyl (C=O) groups is 1. The first kappa shape index (κ1) is 18.0. The Kier molecular flexibility index (Phi) is 5.37. The Morgan fingerprint density at radius 2 is 1.96 bits per heavy atom. The minimum atomic E-state index is -0.464. The van der Waals surface area contributed by atoms with Gasteiger partial charge in [0.2, 0.25) is 0 Å². The van der Waals surface area contributed by atoms with Crippen LogP contribution in [-0.4, -0.2) is 67.6 Å².